The number of ether oxygens (including phenoxy) is 3. The number of morpholine rings is 1. The molecule has 0 radical (unpaired) electrons. The molecule has 1 aliphatic heterocycles. The van der Waals surface area contributed by atoms with E-state index < -0.39 is 0 Å². The van der Waals surface area contributed by atoms with E-state index in [1.807, 2.05) is 30.3 Å². The molecule has 0 bridgehead atoms. The number of nitrogens with one attached hydrogen (secondary N) is 2. The average Bonchev–Trinajstić information content (AvgIpc) is 3.36. The predicted molar refractivity (Wildman–Crippen MR) is 141 cm³/mol. The Hall–Kier alpha value is -2.24. The third-order valence-electron chi connectivity index (χ3n) is 5.36. The average molecular weight is 570 g/mol. The molecule has 1 unspecified atom stereocenters. The highest BCUT2D eigenvalue weighted by Gasteiger charge is 2.24. The summed E-state index contributed by atoms with van der Waals surface area (Å²) in [7, 11) is 3.30. The number of guanidine groups is 1. The van der Waals surface area contributed by atoms with Crippen LogP contribution in [0.1, 0.15) is 17.4 Å². The molecule has 1 atom stereocenters. The summed E-state index contributed by atoms with van der Waals surface area (Å²) in [6.07, 6.45) is 4.29. The van der Waals surface area contributed by atoms with Crippen molar-refractivity contribution in [2.75, 3.05) is 60.2 Å². The molecule has 9 heteroatoms. The number of halogens is 1. The first-order valence-corrected chi connectivity index (χ1v) is 10.9. The van der Waals surface area contributed by atoms with Gasteiger partial charge in [-0.05, 0) is 29.8 Å². The van der Waals surface area contributed by atoms with E-state index in [-0.39, 0.29) is 30.0 Å². The van der Waals surface area contributed by atoms with Gasteiger partial charge in [-0.2, -0.15) is 0 Å². The summed E-state index contributed by atoms with van der Waals surface area (Å²) in [5.41, 5.74) is 1.13. The second-order valence-electron chi connectivity index (χ2n) is 7.39. The highest BCUT2D eigenvalue weighted by Crippen LogP contribution is 2.32. The van der Waals surface area contributed by atoms with E-state index in [9.17, 15) is 0 Å². The van der Waals surface area contributed by atoms with E-state index in [4.69, 9.17) is 23.6 Å². The summed E-state index contributed by atoms with van der Waals surface area (Å²) in [4.78, 5) is 7.30. The van der Waals surface area contributed by atoms with Crippen LogP contribution >= 0.6 is 24.0 Å². The lowest BCUT2D eigenvalue weighted by Gasteiger charge is -2.34. The number of nitrogens with zero attached hydrogens (tertiary/aromatic N) is 2. The Morgan fingerprint density at radius 1 is 1.18 bits per heavy atom. The van der Waals surface area contributed by atoms with E-state index >= 15 is 0 Å². The van der Waals surface area contributed by atoms with Crippen molar-refractivity contribution in [1.82, 2.24) is 15.5 Å². The SMILES string of the molecule is C=CCNC(=NCC(c1ccc(OC)c(OC)c1)N1CCOCC1)NCCc1ccco1.I. The van der Waals surface area contributed by atoms with Crippen LogP contribution in [0.4, 0.5) is 0 Å². The molecule has 1 aliphatic rings. The molecular weight excluding hydrogens is 535 g/mol. The maximum atomic E-state index is 5.57. The number of hydrogen-bond donors (Lipinski definition) is 2. The van der Waals surface area contributed by atoms with Crippen LogP contribution in [0.25, 0.3) is 0 Å². The van der Waals surface area contributed by atoms with Crippen LogP contribution in [0, 0.1) is 0 Å². The van der Waals surface area contributed by atoms with Crippen molar-refractivity contribution in [2.24, 2.45) is 4.99 Å². The Bertz CT molecular complexity index is 854. The maximum Gasteiger partial charge on any atom is 0.191 e. The number of aliphatic imine (C=N–C) groups is 1. The fraction of sp³-hybridized carbons (Fsp3) is 0.458. The van der Waals surface area contributed by atoms with Crippen LogP contribution in [0.3, 0.4) is 0 Å². The lowest BCUT2D eigenvalue weighted by molar-refractivity contribution is 0.0179. The highest BCUT2D eigenvalue weighted by molar-refractivity contribution is 14.0. The number of furan rings is 1. The van der Waals surface area contributed by atoms with Crippen LogP contribution in [0.15, 0.2) is 58.7 Å². The van der Waals surface area contributed by atoms with Crippen LogP contribution in [0.2, 0.25) is 0 Å². The Kier molecular flexibility index (Phi) is 12.1. The summed E-state index contributed by atoms with van der Waals surface area (Å²) >= 11 is 0. The van der Waals surface area contributed by atoms with E-state index in [0.717, 1.165) is 56.6 Å². The molecule has 0 aliphatic carbocycles. The first kappa shape index (κ1) is 27.0. The molecule has 2 heterocycles. The van der Waals surface area contributed by atoms with Crippen molar-refractivity contribution in [3.8, 4) is 11.5 Å². The number of rotatable bonds is 11. The Labute approximate surface area is 213 Å². The smallest absolute Gasteiger partial charge is 0.191 e. The van der Waals surface area contributed by atoms with Gasteiger partial charge in [-0.15, -0.1) is 30.6 Å². The molecule has 0 amide bonds. The molecule has 1 aromatic carbocycles. The zero-order valence-electron chi connectivity index (χ0n) is 19.4. The van der Waals surface area contributed by atoms with Gasteiger partial charge in [0.05, 0.1) is 46.3 Å². The standard InChI is InChI=1S/C24H34N4O4.HI/c1-4-10-25-24(26-11-9-20-6-5-14-32-20)27-18-21(28-12-15-31-16-13-28)19-7-8-22(29-2)23(17-19)30-3;/h4-8,14,17,21H,1,9-13,15-16,18H2,2-3H3,(H2,25,26,27);1H. The van der Waals surface area contributed by atoms with Crippen molar-refractivity contribution in [2.45, 2.75) is 12.5 Å². The van der Waals surface area contributed by atoms with Gasteiger partial charge in [0.15, 0.2) is 17.5 Å². The lowest BCUT2D eigenvalue weighted by Crippen LogP contribution is -2.42. The molecule has 1 fully saturated rings. The van der Waals surface area contributed by atoms with Gasteiger partial charge in [0.2, 0.25) is 0 Å². The molecule has 2 aromatic rings. The molecule has 3 rings (SSSR count). The zero-order chi connectivity index (χ0) is 22.6. The molecule has 8 nitrogen and oxygen atoms in total. The molecule has 1 saturated heterocycles. The Balaban J connectivity index is 0.00000385. The number of hydrogen-bond acceptors (Lipinski definition) is 6. The minimum atomic E-state index is 0. The largest absolute Gasteiger partial charge is 0.493 e. The van der Waals surface area contributed by atoms with E-state index in [2.05, 4.69) is 28.2 Å². The van der Waals surface area contributed by atoms with Crippen molar-refractivity contribution >= 4 is 29.9 Å². The van der Waals surface area contributed by atoms with Gasteiger partial charge < -0.3 is 29.3 Å². The van der Waals surface area contributed by atoms with Crippen molar-refractivity contribution in [3.05, 3.63) is 60.6 Å². The first-order chi connectivity index (χ1) is 15.7. The quantitative estimate of drug-likeness (QED) is 0.186. The molecule has 0 spiro atoms. The Morgan fingerprint density at radius 2 is 1.97 bits per heavy atom. The minimum Gasteiger partial charge on any atom is -0.493 e. The van der Waals surface area contributed by atoms with Gasteiger partial charge in [0, 0.05) is 32.6 Å². The van der Waals surface area contributed by atoms with Crippen molar-refractivity contribution < 1.29 is 18.6 Å². The molecule has 33 heavy (non-hydrogen) atoms. The van der Waals surface area contributed by atoms with Gasteiger partial charge in [-0.1, -0.05) is 12.1 Å². The van der Waals surface area contributed by atoms with Gasteiger partial charge in [-0.25, -0.2) is 0 Å². The highest BCUT2D eigenvalue weighted by atomic mass is 127. The van der Waals surface area contributed by atoms with Crippen LogP contribution in [0.5, 0.6) is 11.5 Å². The second kappa shape index (κ2) is 14.8. The third-order valence-corrected chi connectivity index (χ3v) is 5.36. The molecule has 182 valence electrons. The lowest BCUT2D eigenvalue weighted by atomic mass is 10.0. The van der Waals surface area contributed by atoms with Gasteiger partial charge in [0.1, 0.15) is 5.76 Å². The Morgan fingerprint density at radius 3 is 2.64 bits per heavy atom. The fourth-order valence-electron chi connectivity index (χ4n) is 3.66. The van der Waals surface area contributed by atoms with Crippen LogP contribution in [-0.4, -0.2) is 71.0 Å². The summed E-state index contributed by atoms with van der Waals surface area (Å²) in [6, 6.07) is 10.0. The second-order valence-corrected chi connectivity index (χ2v) is 7.39. The minimum absolute atomic E-state index is 0. The predicted octanol–water partition coefficient (Wildman–Crippen LogP) is 3.25. The van der Waals surface area contributed by atoms with Crippen molar-refractivity contribution in [3.63, 3.8) is 0 Å². The molecular formula is C24H35IN4O4. The summed E-state index contributed by atoms with van der Waals surface area (Å²) in [5, 5.41) is 6.69. The summed E-state index contributed by atoms with van der Waals surface area (Å²) in [6.45, 7) is 8.88. The normalized spacial score (nSPS) is 15.3. The maximum absolute atomic E-state index is 5.57. The third kappa shape index (κ3) is 8.24. The number of benzene rings is 1. The number of methoxy groups -OCH3 is 2. The fourth-order valence-corrected chi connectivity index (χ4v) is 3.66. The molecule has 1 aromatic heterocycles. The van der Waals surface area contributed by atoms with E-state index in [1.54, 1.807) is 20.5 Å². The zero-order valence-corrected chi connectivity index (χ0v) is 21.7. The van der Waals surface area contributed by atoms with Gasteiger partial charge in [-0.3, -0.25) is 9.89 Å². The monoisotopic (exact) mass is 570 g/mol. The van der Waals surface area contributed by atoms with Crippen molar-refractivity contribution in [1.29, 1.82) is 0 Å². The van der Waals surface area contributed by atoms with Gasteiger partial charge in [0.25, 0.3) is 0 Å². The molecule has 0 saturated carbocycles. The first-order valence-electron chi connectivity index (χ1n) is 10.9. The van der Waals surface area contributed by atoms with Crippen LogP contribution in [-0.2, 0) is 11.2 Å². The van der Waals surface area contributed by atoms with E-state index in [0.29, 0.717) is 24.6 Å². The summed E-state index contributed by atoms with van der Waals surface area (Å²) < 4.78 is 21.9. The molecule has 2 N–H and O–H groups in total. The van der Waals surface area contributed by atoms with Gasteiger partial charge >= 0.3 is 0 Å². The summed E-state index contributed by atoms with van der Waals surface area (Å²) in [5.74, 6) is 3.12. The van der Waals surface area contributed by atoms with E-state index in [1.165, 1.54) is 0 Å². The topological polar surface area (TPSA) is 80.5 Å². The van der Waals surface area contributed by atoms with Crippen LogP contribution < -0.4 is 20.1 Å².